The molecule has 0 N–H and O–H groups in total. The van der Waals surface area contributed by atoms with Crippen molar-refractivity contribution < 1.29 is 28.8 Å². The molecular formula is C78H64O6. The molecule has 0 atom stereocenters. The van der Waals surface area contributed by atoms with Gasteiger partial charge in [-0.2, -0.15) is 0 Å². The van der Waals surface area contributed by atoms with Gasteiger partial charge in [0.15, 0.2) is 17.9 Å². The average Bonchev–Trinajstić information content (AvgIpc) is 3.71. The molecule has 12 aromatic carbocycles. The highest BCUT2D eigenvalue weighted by Gasteiger charge is 2.02. The maximum atomic E-state index is 12.3. The molecule has 12 rings (SSSR count). The molecule has 84 heavy (non-hydrogen) atoms. The average molecular weight is 1100 g/mol. The van der Waals surface area contributed by atoms with Crippen LogP contribution < -0.4 is 0 Å². The zero-order valence-electron chi connectivity index (χ0n) is 47.5. The summed E-state index contributed by atoms with van der Waals surface area (Å²) in [6, 6.07) is 84.7. The van der Waals surface area contributed by atoms with E-state index in [4.69, 9.17) is 0 Å². The molecule has 0 aliphatic carbocycles. The standard InChI is InChI=1S/2C25H18O.2C11H8O.2C3H6O/c26-23(17-15-21-11-5-9-19-7-1-3-13-24(19)21)18-16-22-12-6-10-20-8-2-4-14-25(20)22;26-25(15-11-19-9-13-21-5-1-3-7-23(21)17-19)16-12-20-10-14-22-6-2-4-8-24(22)18-20;12-8-10-6-3-5-9-4-1-2-7-11(9)10;12-8-9-5-6-10-3-1-2-4-11(10)7-9;2*1-3(2)4/h2*1-18H;2*1-8H;2*1-2H3/b17-15+,18-16+;15-11+,16-12+;;;;. The van der Waals surface area contributed by atoms with Crippen LogP contribution in [0.5, 0.6) is 0 Å². The zero-order chi connectivity index (χ0) is 59.5. The van der Waals surface area contributed by atoms with E-state index in [2.05, 4.69) is 84.9 Å². The highest BCUT2D eigenvalue weighted by atomic mass is 16.1. The molecule has 0 aromatic heterocycles. The number of fused-ring (bicyclic) bond motifs is 6. The molecular weight excluding hydrogens is 1030 g/mol. The van der Waals surface area contributed by atoms with Gasteiger partial charge in [-0.1, -0.05) is 261 Å². The molecule has 12 aromatic rings. The van der Waals surface area contributed by atoms with E-state index >= 15 is 0 Å². The SMILES string of the molecule is CC(C)=O.CC(C)=O.O=C(/C=C/c1ccc2ccccc2c1)/C=C/c1ccc2ccccc2c1.O=C(/C=C/c1cccc2ccccc12)/C=C/c1cccc2ccccc12.O=Cc1ccc2ccccc2c1.O=Cc1cccc2ccccc12. The molecule has 0 saturated heterocycles. The second-order valence-corrected chi connectivity index (χ2v) is 19.7. The molecule has 0 aliphatic heterocycles. The third-order valence-corrected chi connectivity index (χ3v) is 12.8. The van der Waals surface area contributed by atoms with Crippen LogP contribution in [0.2, 0.25) is 0 Å². The fraction of sp³-hybridized carbons (Fsp3) is 0.0513. The molecule has 0 spiro atoms. The number of aldehydes is 2. The summed E-state index contributed by atoms with van der Waals surface area (Å²) in [6.07, 6.45) is 15.7. The Morgan fingerprint density at radius 3 is 0.857 bits per heavy atom. The first-order valence-electron chi connectivity index (χ1n) is 27.4. The van der Waals surface area contributed by atoms with Crippen LogP contribution in [0.1, 0.15) is 70.7 Å². The van der Waals surface area contributed by atoms with Crippen LogP contribution in [0, 0.1) is 0 Å². The summed E-state index contributed by atoms with van der Waals surface area (Å²) in [6.45, 7) is 6.11. The Bertz CT molecular complexity index is 4160. The van der Waals surface area contributed by atoms with E-state index < -0.39 is 0 Å². The Morgan fingerprint density at radius 2 is 0.512 bits per heavy atom. The van der Waals surface area contributed by atoms with E-state index in [-0.39, 0.29) is 23.1 Å². The Balaban J connectivity index is 0.000000162. The molecule has 0 saturated carbocycles. The predicted molar refractivity (Wildman–Crippen MR) is 353 cm³/mol. The summed E-state index contributed by atoms with van der Waals surface area (Å²) >= 11 is 0. The number of hydrogen-bond donors (Lipinski definition) is 0. The summed E-state index contributed by atoms with van der Waals surface area (Å²) in [4.78, 5) is 64.4. The lowest BCUT2D eigenvalue weighted by atomic mass is 10.0. The second-order valence-electron chi connectivity index (χ2n) is 19.7. The maximum absolute atomic E-state index is 12.3. The number of Topliss-reactive ketones (excluding diaryl/α,β-unsaturated/α-hetero) is 2. The number of benzene rings is 12. The van der Waals surface area contributed by atoms with Crippen LogP contribution in [0.15, 0.2) is 279 Å². The topological polar surface area (TPSA) is 102 Å². The Labute approximate surface area is 491 Å². The number of carbonyl (C=O) groups is 6. The number of ketones is 4. The fourth-order valence-corrected chi connectivity index (χ4v) is 8.86. The van der Waals surface area contributed by atoms with E-state index in [1.54, 1.807) is 24.3 Å². The van der Waals surface area contributed by atoms with Crippen LogP contribution >= 0.6 is 0 Å². The Hall–Kier alpha value is -10.8. The lowest BCUT2D eigenvalue weighted by Crippen LogP contribution is -1.86. The van der Waals surface area contributed by atoms with Crippen LogP contribution in [0.25, 0.3) is 88.9 Å². The van der Waals surface area contributed by atoms with Gasteiger partial charge in [-0.25, -0.2) is 0 Å². The van der Waals surface area contributed by atoms with Crippen molar-refractivity contribution >= 4 is 125 Å². The Kier molecular flexibility index (Phi) is 23.0. The van der Waals surface area contributed by atoms with Gasteiger partial charge in [0.25, 0.3) is 0 Å². The smallest absolute Gasteiger partial charge is 0.178 e. The summed E-state index contributed by atoms with van der Waals surface area (Å²) in [5, 5.41) is 13.8. The number of hydrogen-bond acceptors (Lipinski definition) is 6. The van der Waals surface area contributed by atoms with E-state index in [0.29, 0.717) is 0 Å². The third kappa shape index (κ3) is 18.9. The third-order valence-electron chi connectivity index (χ3n) is 12.8. The molecule has 0 radical (unpaired) electrons. The van der Waals surface area contributed by atoms with Crippen molar-refractivity contribution in [2.75, 3.05) is 0 Å². The first-order valence-corrected chi connectivity index (χ1v) is 27.4. The molecule has 0 fully saturated rings. The van der Waals surface area contributed by atoms with Gasteiger partial charge >= 0.3 is 0 Å². The molecule has 0 amide bonds. The summed E-state index contributed by atoms with van der Waals surface area (Å²) in [5.41, 5.74) is 5.64. The van der Waals surface area contributed by atoms with Crippen molar-refractivity contribution in [1.29, 1.82) is 0 Å². The zero-order valence-corrected chi connectivity index (χ0v) is 47.5. The summed E-state index contributed by atoms with van der Waals surface area (Å²) in [5.74, 6) is 0.289. The molecule has 0 heterocycles. The van der Waals surface area contributed by atoms with Crippen LogP contribution in [0.3, 0.4) is 0 Å². The van der Waals surface area contributed by atoms with Gasteiger partial charge in [0.1, 0.15) is 17.9 Å². The number of rotatable bonds is 10. The van der Waals surface area contributed by atoms with Gasteiger partial charge < -0.3 is 9.59 Å². The van der Waals surface area contributed by atoms with Crippen LogP contribution in [-0.4, -0.2) is 35.7 Å². The van der Waals surface area contributed by atoms with Gasteiger partial charge in [-0.3, -0.25) is 19.2 Å². The van der Waals surface area contributed by atoms with Crippen LogP contribution in [-0.2, 0) is 19.2 Å². The molecule has 0 bridgehead atoms. The van der Waals surface area contributed by atoms with Crippen molar-refractivity contribution in [3.8, 4) is 0 Å². The van der Waals surface area contributed by atoms with Crippen molar-refractivity contribution in [3.05, 3.63) is 312 Å². The molecule has 6 heteroatoms. The maximum Gasteiger partial charge on any atom is 0.178 e. The van der Waals surface area contributed by atoms with E-state index in [9.17, 15) is 28.8 Å². The van der Waals surface area contributed by atoms with Crippen molar-refractivity contribution in [3.63, 3.8) is 0 Å². The minimum absolute atomic E-state index is 0.0219. The molecule has 0 unspecified atom stereocenters. The van der Waals surface area contributed by atoms with Gasteiger partial charge in [-0.05, 0) is 157 Å². The van der Waals surface area contributed by atoms with E-state index in [1.807, 2.05) is 194 Å². The van der Waals surface area contributed by atoms with Crippen molar-refractivity contribution in [1.82, 2.24) is 0 Å². The lowest BCUT2D eigenvalue weighted by Gasteiger charge is -2.01. The van der Waals surface area contributed by atoms with Crippen molar-refractivity contribution in [2.24, 2.45) is 0 Å². The van der Waals surface area contributed by atoms with Crippen molar-refractivity contribution in [2.45, 2.75) is 27.7 Å². The van der Waals surface area contributed by atoms with Gasteiger partial charge in [0, 0.05) is 11.1 Å². The van der Waals surface area contributed by atoms with E-state index in [0.717, 1.165) is 72.9 Å². The van der Waals surface area contributed by atoms with Gasteiger partial charge in [-0.15, -0.1) is 0 Å². The highest BCUT2D eigenvalue weighted by molar-refractivity contribution is 6.07. The summed E-state index contributed by atoms with van der Waals surface area (Å²) < 4.78 is 0. The Morgan fingerprint density at radius 1 is 0.250 bits per heavy atom. The number of carbonyl (C=O) groups excluding carboxylic acids is 6. The lowest BCUT2D eigenvalue weighted by molar-refractivity contribution is -0.115. The normalized spacial score (nSPS) is 10.7. The first-order chi connectivity index (χ1) is 40.9. The van der Waals surface area contributed by atoms with Gasteiger partial charge in [0.05, 0.1) is 0 Å². The number of allylic oxidation sites excluding steroid dienone is 4. The van der Waals surface area contributed by atoms with Gasteiger partial charge in [0.2, 0.25) is 0 Å². The molecule has 6 nitrogen and oxygen atoms in total. The minimum atomic E-state index is -0.0223. The predicted octanol–water partition coefficient (Wildman–Crippen LogP) is 19.1. The largest absolute Gasteiger partial charge is 0.300 e. The van der Waals surface area contributed by atoms with E-state index in [1.165, 1.54) is 65.4 Å². The minimum Gasteiger partial charge on any atom is -0.300 e. The quantitative estimate of drug-likeness (QED) is 0.0998. The fourth-order valence-electron chi connectivity index (χ4n) is 8.86. The van der Waals surface area contributed by atoms with Crippen LogP contribution in [0.4, 0.5) is 0 Å². The summed E-state index contributed by atoms with van der Waals surface area (Å²) in [7, 11) is 0. The molecule has 0 aliphatic rings. The highest BCUT2D eigenvalue weighted by Crippen LogP contribution is 2.23. The first kappa shape index (κ1) is 60.8. The molecule has 412 valence electrons. The second kappa shape index (κ2) is 31.8. The monoisotopic (exact) mass is 1100 g/mol.